The smallest absolute Gasteiger partial charge is 0.261 e. The van der Waals surface area contributed by atoms with Gasteiger partial charge in [-0.2, -0.15) is 5.26 Å². The fraction of sp³-hybridized carbons (Fsp3) is 0.318. The van der Waals surface area contributed by atoms with Gasteiger partial charge in [0.2, 0.25) is 5.91 Å². The predicted molar refractivity (Wildman–Crippen MR) is 111 cm³/mol. The number of nitriles is 1. The summed E-state index contributed by atoms with van der Waals surface area (Å²) in [7, 11) is 1.57. The molecule has 0 aromatic heterocycles. The lowest BCUT2D eigenvalue weighted by Gasteiger charge is -2.25. The van der Waals surface area contributed by atoms with Crippen LogP contribution < -0.4 is 14.8 Å². The van der Waals surface area contributed by atoms with Crippen LogP contribution in [0, 0.1) is 11.3 Å². The van der Waals surface area contributed by atoms with Crippen molar-refractivity contribution in [3.8, 4) is 17.6 Å². The minimum Gasteiger partial charge on any atom is -0.497 e. The van der Waals surface area contributed by atoms with Gasteiger partial charge < -0.3 is 19.7 Å². The molecule has 8 heteroatoms. The molecule has 0 saturated carbocycles. The highest BCUT2D eigenvalue weighted by Gasteiger charge is 2.35. The average Bonchev–Trinajstić information content (AvgIpc) is 3.26. The van der Waals surface area contributed by atoms with E-state index in [0.29, 0.717) is 41.5 Å². The molecule has 1 saturated heterocycles. The Labute approximate surface area is 180 Å². The average molecular weight is 428 g/mol. The van der Waals surface area contributed by atoms with Gasteiger partial charge in [-0.3, -0.25) is 9.59 Å². The third-order valence-corrected chi connectivity index (χ3v) is 5.13. The molecule has 3 rings (SSSR count). The summed E-state index contributed by atoms with van der Waals surface area (Å²) in [5, 5.41) is 12.7. The van der Waals surface area contributed by atoms with E-state index in [9.17, 15) is 14.9 Å². The zero-order valence-corrected chi connectivity index (χ0v) is 17.3. The Balaban J connectivity index is 1.60. The van der Waals surface area contributed by atoms with Crippen molar-refractivity contribution in [3.05, 3.63) is 59.1 Å². The normalized spacial score (nSPS) is 16.4. The maximum atomic E-state index is 12.8. The molecule has 1 heterocycles. The summed E-state index contributed by atoms with van der Waals surface area (Å²) < 4.78 is 10.6. The van der Waals surface area contributed by atoms with Gasteiger partial charge in [0.25, 0.3) is 5.91 Å². The van der Waals surface area contributed by atoms with E-state index in [1.54, 1.807) is 55.6 Å². The second-order valence-corrected chi connectivity index (χ2v) is 7.27. The molecule has 7 nitrogen and oxygen atoms in total. The number of carbonyl (C=O) groups is 2. The molecule has 2 aromatic carbocycles. The topological polar surface area (TPSA) is 91.7 Å². The number of ether oxygens (including phenoxy) is 2. The molecule has 1 N–H and O–H groups in total. The number of nitrogens with one attached hydrogen (secondary N) is 1. The number of likely N-dealkylation sites (tertiary alicyclic amines) is 1. The van der Waals surface area contributed by atoms with E-state index in [1.165, 1.54) is 4.90 Å². The van der Waals surface area contributed by atoms with Crippen molar-refractivity contribution in [1.82, 2.24) is 10.2 Å². The van der Waals surface area contributed by atoms with Gasteiger partial charge in [-0.05, 0) is 54.8 Å². The number of amides is 2. The number of hydrogen-bond donors (Lipinski definition) is 1. The molecule has 0 aliphatic carbocycles. The molecule has 0 bridgehead atoms. The lowest BCUT2D eigenvalue weighted by atomic mass is 10.1. The van der Waals surface area contributed by atoms with Crippen molar-refractivity contribution in [2.45, 2.75) is 24.9 Å². The Kier molecular flexibility index (Phi) is 7.15. The Morgan fingerprint density at radius 2 is 2.00 bits per heavy atom. The zero-order chi connectivity index (χ0) is 21.5. The van der Waals surface area contributed by atoms with Crippen LogP contribution in [-0.4, -0.2) is 43.0 Å². The third-order valence-electron chi connectivity index (χ3n) is 4.90. The van der Waals surface area contributed by atoms with Crippen molar-refractivity contribution < 1.29 is 19.1 Å². The van der Waals surface area contributed by atoms with E-state index in [0.717, 1.165) is 0 Å². The van der Waals surface area contributed by atoms with Crippen molar-refractivity contribution in [3.63, 3.8) is 0 Å². The summed E-state index contributed by atoms with van der Waals surface area (Å²) in [6, 6.07) is 14.3. The summed E-state index contributed by atoms with van der Waals surface area (Å²) in [5.74, 6) is 0.586. The monoisotopic (exact) mass is 427 g/mol. The first kappa shape index (κ1) is 21.5. The number of carbonyl (C=O) groups excluding carboxylic acids is 2. The summed E-state index contributed by atoms with van der Waals surface area (Å²) in [6.45, 7) is 0.295. The van der Waals surface area contributed by atoms with Crippen LogP contribution in [0.1, 0.15) is 24.4 Å². The van der Waals surface area contributed by atoms with E-state index in [1.807, 2.05) is 0 Å². The van der Waals surface area contributed by atoms with Crippen LogP contribution in [0.4, 0.5) is 0 Å². The van der Waals surface area contributed by atoms with Gasteiger partial charge in [0.15, 0.2) is 6.61 Å². The largest absolute Gasteiger partial charge is 0.497 e. The van der Waals surface area contributed by atoms with Gasteiger partial charge in [-0.25, -0.2) is 0 Å². The third kappa shape index (κ3) is 5.22. The van der Waals surface area contributed by atoms with Crippen LogP contribution in [0.2, 0.25) is 5.02 Å². The summed E-state index contributed by atoms with van der Waals surface area (Å²) in [6.07, 6.45) is 1.24. The molecular weight excluding hydrogens is 406 g/mol. The van der Waals surface area contributed by atoms with Gasteiger partial charge >= 0.3 is 0 Å². The first-order valence-corrected chi connectivity index (χ1v) is 9.91. The Morgan fingerprint density at radius 3 is 2.67 bits per heavy atom. The Hall–Kier alpha value is -3.24. The second kappa shape index (κ2) is 9.99. The van der Waals surface area contributed by atoms with Crippen LogP contribution >= 0.6 is 11.6 Å². The van der Waals surface area contributed by atoms with E-state index in [2.05, 4.69) is 11.4 Å². The van der Waals surface area contributed by atoms with Crippen molar-refractivity contribution in [2.24, 2.45) is 0 Å². The van der Waals surface area contributed by atoms with Crippen LogP contribution in [0.5, 0.6) is 11.5 Å². The van der Waals surface area contributed by atoms with Crippen LogP contribution in [-0.2, 0) is 9.59 Å². The first-order valence-electron chi connectivity index (χ1n) is 9.53. The molecule has 1 fully saturated rings. The molecule has 2 amide bonds. The quantitative estimate of drug-likeness (QED) is 0.733. The first-order chi connectivity index (χ1) is 14.5. The molecular formula is C22H22ClN3O4. The summed E-state index contributed by atoms with van der Waals surface area (Å²) in [4.78, 5) is 26.9. The van der Waals surface area contributed by atoms with E-state index >= 15 is 0 Å². The fourth-order valence-corrected chi connectivity index (χ4v) is 3.55. The van der Waals surface area contributed by atoms with E-state index in [4.69, 9.17) is 21.1 Å². The number of rotatable bonds is 7. The maximum Gasteiger partial charge on any atom is 0.261 e. The molecule has 0 spiro atoms. The fourth-order valence-electron chi connectivity index (χ4n) is 3.35. The highest BCUT2D eigenvalue weighted by atomic mass is 35.5. The van der Waals surface area contributed by atoms with E-state index < -0.39 is 12.1 Å². The number of halogens is 1. The highest BCUT2D eigenvalue weighted by Crippen LogP contribution is 2.22. The highest BCUT2D eigenvalue weighted by molar-refractivity contribution is 6.30. The number of hydrogen-bond acceptors (Lipinski definition) is 5. The summed E-state index contributed by atoms with van der Waals surface area (Å²) >= 11 is 5.98. The SMILES string of the molecule is COc1ccc(OCC(=O)N2CCC[C@H]2C(=O)NC(C#N)c2cccc(Cl)c2)cc1. The van der Waals surface area contributed by atoms with Gasteiger partial charge in [0.1, 0.15) is 23.6 Å². The number of methoxy groups -OCH3 is 1. The molecule has 156 valence electrons. The molecule has 2 aromatic rings. The van der Waals surface area contributed by atoms with Gasteiger partial charge in [-0.1, -0.05) is 23.7 Å². The maximum absolute atomic E-state index is 12.8. The Morgan fingerprint density at radius 1 is 1.27 bits per heavy atom. The standard InChI is InChI=1S/C22H22ClN3O4/c1-29-17-7-9-18(10-8-17)30-14-21(27)26-11-3-6-20(26)22(28)25-19(13-24)15-4-2-5-16(23)12-15/h2,4-5,7-10,12,19-20H,3,6,11,14H2,1H3,(H,25,28)/t19?,20-/m0/s1. The van der Waals surface area contributed by atoms with Crippen molar-refractivity contribution in [1.29, 1.82) is 5.26 Å². The molecule has 1 aliphatic rings. The predicted octanol–water partition coefficient (Wildman–Crippen LogP) is 3.10. The molecule has 1 unspecified atom stereocenters. The van der Waals surface area contributed by atoms with Gasteiger partial charge in [-0.15, -0.1) is 0 Å². The second-order valence-electron chi connectivity index (χ2n) is 6.84. The molecule has 1 aliphatic heterocycles. The molecule has 2 atom stereocenters. The lowest BCUT2D eigenvalue weighted by Crippen LogP contribution is -2.48. The minimum atomic E-state index is -0.843. The lowest BCUT2D eigenvalue weighted by molar-refractivity contribution is -0.140. The van der Waals surface area contributed by atoms with Crippen LogP contribution in [0.15, 0.2) is 48.5 Å². The Bertz CT molecular complexity index is 942. The number of benzene rings is 2. The van der Waals surface area contributed by atoms with Crippen molar-refractivity contribution in [2.75, 3.05) is 20.3 Å². The van der Waals surface area contributed by atoms with Crippen LogP contribution in [0.25, 0.3) is 0 Å². The van der Waals surface area contributed by atoms with Gasteiger partial charge in [0, 0.05) is 11.6 Å². The number of nitrogens with zero attached hydrogens (tertiary/aromatic N) is 2. The molecule has 0 radical (unpaired) electrons. The molecule has 30 heavy (non-hydrogen) atoms. The minimum absolute atomic E-state index is 0.175. The van der Waals surface area contributed by atoms with Crippen molar-refractivity contribution >= 4 is 23.4 Å². The zero-order valence-electron chi connectivity index (χ0n) is 16.5. The van der Waals surface area contributed by atoms with Crippen LogP contribution in [0.3, 0.4) is 0 Å². The summed E-state index contributed by atoms with van der Waals surface area (Å²) in [5.41, 5.74) is 0.595. The van der Waals surface area contributed by atoms with E-state index in [-0.39, 0.29) is 18.4 Å². The van der Waals surface area contributed by atoms with Gasteiger partial charge in [0.05, 0.1) is 13.2 Å².